The van der Waals surface area contributed by atoms with E-state index in [1.165, 1.54) is 12.8 Å². The molecule has 1 aromatic rings. The average molecular weight is 291 g/mol. The van der Waals surface area contributed by atoms with Gasteiger partial charge in [0.05, 0.1) is 5.69 Å². The summed E-state index contributed by atoms with van der Waals surface area (Å²) < 4.78 is 5.82. The number of hydrogen-bond acceptors (Lipinski definition) is 6. The number of methoxy groups -OCH3 is 1. The van der Waals surface area contributed by atoms with Crippen molar-refractivity contribution in [2.24, 2.45) is 0 Å². The number of nitrogens with zero attached hydrogens (tertiary/aromatic N) is 3. The van der Waals surface area contributed by atoms with Crippen LogP contribution in [0.3, 0.4) is 0 Å². The topological polar surface area (TPSA) is 76.3 Å². The second-order valence-electron chi connectivity index (χ2n) is 6.10. The van der Waals surface area contributed by atoms with E-state index in [0.717, 1.165) is 43.9 Å². The van der Waals surface area contributed by atoms with Gasteiger partial charge in [0.25, 0.3) is 0 Å². The zero-order chi connectivity index (χ0) is 14.9. The smallest absolute Gasteiger partial charge is 0.222 e. The first-order valence-electron chi connectivity index (χ1n) is 7.79. The summed E-state index contributed by atoms with van der Waals surface area (Å²) in [7, 11) is 3.78. The number of likely N-dealkylation sites (N-methyl/N-ethyl adjacent to an activating group) is 1. The van der Waals surface area contributed by atoms with Crippen LogP contribution in [0.5, 0.6) is 0 Å². The molecule has 6 nitrogen and oxygen atoms in total. The summed E-state index contributed by atoms with van der Waals surface area (Å²) in [4.78, 5) is 11.2. The first-order chi connectivity index (χ1) is 10.2. The van der Waals surface area contributed by atoms with E-state index in [9.17, 15) is 0 Å². The average Bonchev–Trinajstić information content (AvgIpc) is 3.16. The lowest BCUT2D eigenvalue weighted by molar-refractivity contribution is -0.0123. The van der Waals surface area contributed by atoms with Gasteiger partial charge in [0.2, 0.25) is 5.95 Å². The Morgan fingerprint density at radius 3 is 2.76 bits per heavy atom. The summed E-state index contributed by atoms with van der Waals surface area (Å²) in [5.41, 5.74) is 6.63. The molecule has 1 aliphatic heterocycles. The van der Waals surface area contributed by atoms with E-state index < -0.39 is 0 Å². The Morgan fingerprint density at radius 2 is 2.14 bits per heavy atom. The molecular formula is C15H25N5O. The van der Waals surface area contributed by atoms with E-state index >= 15 is 0 Å². The van der Waals surface area contributed by atoms with Crippen LogP contribution in [-0.4, -0.2) is 43.3 Å². The number of nitrogen functional groups attached to an aromatic ring is 1. The third kappa shape index (κ3) is 2.70. The lowest BCUT2D eigenvalue weighted by Gasteiger charge is -2.28. The lowest BCUT2D eigenvalue weighted by atomic mass is 9.97. The largest absolute Gasteiger partial charge is 0.372 e. The van der Waals surface area contributed by atoms with Crippen molar-refractivity contribution in [3.8, 4) is 0 Å². The van der Waals surface area contributed by atoms with Gasteiger partial charge in [-0.05, 0) is 26.3 Å². The van der Waals surface area contributed by atoms with Crippen molar-refractivity contribution in [2.45, 2.75) is 43.7 Å². The van der Waals surface area contributed by atoms with Crippen LogP contribution in [0, 0.1) is 0 Å². The number of aromatic nitrogens is 2. The highest BCUT2D eigenvalue weighted by Crippen LogP contribution is 2.41. The van der Waals surface area contributed by atoms with Gasteiger partial charge in [-0.25, -0.2) is 4.98 Å². The fraction of sp³-hybridized carbons (Fsp3) is 0.733. The van der Waals surface area contributed by atoms with Crippen LogP contribution in [0.15, 0.2) is 6.07 Å². The number of nitrogens with two attached hydrogens (primary N) is 1. The maximum Gasteiger partial charge on any atom is 0.222 e. The Morgan fingerprint density at radius 1 is 1.38 bits per heavy atom. The predicted octanol–water partition coefficient (Wildman–Crippen LogP) is 1.27. The predicted molar refractivity (Wildman–Crippen MR) is 83.3 cm³/mol. The molecule has 1 aromatic heterocycles. The number of ether oxygens (including phenoxy) is 1. The highest BCUT2D eigenvalue weighted by molar-refractivity contribution is 5.46. The second-order valence-corrected chi connectivity index (χ2v) is 6.10. The fourth-order valence-corrected chi connectivity index (χ4v) is 3.56. The zero-order valence-electron chi connectivity index (χ0n) is 12.9. The Hall–Kier alpha value is -1.40. The van der Waals surface area contributed by atoms with Gasteiger partial charge in [0.15, 0.2) is 0 Å². The van der Waals surface area contributed by atoms with Gasteiger partial charge in [-0.15, -0.1) is 0 Å². The summed E-state index contributed by atoms with van der Waals surface area (Å²) in [6.45, 7) is 1.97. The molecule has 2 fully saturated rings. The minimum atomic E-state index is -0.270. The molecule has 0 aromatic carbocycles. The Bertz CT molecular complexity index is 501. The highest BCUT2D eigenvalue weighted by atomic mass is 16.5. The molecule has 3 N–H and O–H groups in total. The molecule has 0 amide bonds. The Kier molecular flexibility index (Phi) is 3.99. The molecule has 21 heavy (non-hydrogen) atoms. The van der Waals surface area contributed by atoms with Crippen molar-refractivity contribution in [2.75, 3.05) is 37.9 Å². The molecule has 0 radical (unpaired) electrons. The molecule has 2 aliphatic rings. The lowest BCUT2D eigenvalue weighted by Crippen LogP contribution is -2.31. The quantitative estimate of drug-likeness (QED) is 0.870. The third-order valence-electron chi connectivity index (χ3n) is 4.92. The maximum atomic E-state index is 5.96. The molecule has 0 spiro atoms. The molecule has 2 heterocycles. The molecular weight excluding hydrogens is 266 g/mol. The van der Waals surface area contributed by atoms with Gasteiger partial charge in [-0.1, -0.05) is 12.8 Å². The van der Waals surface area contributed by atoms with Gasteiger partial charge < -0.3 is 20.7 Å². The highest BCUT2D eigenvalue weighted by Gasteiger charge is 2.38. The maximum absolute atomic E-state index is 5.96. The molecule has 1 saturated carbocycles. The van der Waals surface area contributed by atoms with Crippen LogP contribution in [0.25, 0.3) is 0 Å². The molecule has 1 aliphatic carbocycles. The van der Waals surface area contributed by atoms with E-state index in [4.69, 9.17) is 10.5 Å². The minimum absolute atomic E-state index is 0.270. The van der Waals surface area contributed by atoms with Crippen LogP contribution in [-0.2, 0) is 10.3 Å². The number of anilines is 2. The van der Waals surface area contributed by atoms with Crippen molar-refractivity contribution in [3.63, 3.8) is 0 Å². The van der Waals surface area contributed by atoms with Gasteiger partial charge in [-0.2, -0.15) is 4.98 Å². The molecule has 6 heteroatoms. The number of hydrogen-bond donors (Lipinski definition) is 2. The normalized spacial score (nSPS) is 24.7. The summed E-state index contributed by atoms with van der Waals surface area (Å²) in [6.07, 6.45) is 5.51. The van der Waals surface area contributed by atoms with Crippen LogP contribution < -0.4 is 16.0 Å². The first-order valence-corrected chi connectivity index (χ1v) is 7.79. The molecule has 116 valence electrons. The first kappa shape index (κ1) is 14.5. The van der Waals surface area contributed by atoms with E-state index in [1.807, 2.05) is 7.05 Å². The van der Waals surface area contributed by atoms with Gasteiger partial charge >= 0.3 is 0 Å². The number of nitrogens with one attached hydrogen (secondary N) is 1. The van der Waals surface area contributed by atoms with E-state index in [0.29, 0.717) is 12.0 Å². The molecule has 1 atom stereocenters. The summed E-state index contributed by atoms with van der Waals surface area (Å²) in [5.74, 6) is 1.28. The SMILES string of the molecule is CN[C@@H]1CCN(c2cc(C3(OC)CCCC3)nc(N)n2)C1. The zero-order valence-corrected chi connectivity index (χ0v) is 12.9. The van der Waals surface area contributed by atoms with Gasteiger partial charge in [0.1, 0.15) is 11.4 Å². The van der Waals surface area contributed by atoms with Crippen LogP contribution in [0.1, 0.15) is 37.8 Å². The summed E-state index contributed by atoms with van der Waals surface area (Å²) in [6, 6.07) is 2.59. The Balaban J connectivity index is 1.90. The van der Waals surface area contributed by atoms with Crippen molar-refractivity contribution in [3.05, 3.63) is 11.8 Å². The van der Waals surface area contributed by atoms with Crippen LogP contribution >= 0.6 is 0 Å². The van der Waals surface area contributed by atoms with Gasteiger partial charge in [-0.3, -0.25) is 0 Å². The fourth-order valence-electron chi connectivity index (χ4n) is 3.56. The monoisotopic (exact) mass is 291 g/mol. The van der Waals surface area contributed by atoms with Crippen molar-refractivity contribution in [1.29, 1.82) is 0 Å². The second kappa shape index (κ2) is 5.77. The van der Waals surface area contributed by atoms with Crippen LogP contribution in [0.4, 0.5) is 11.8 Å². The van der Waals surface area contributed by atoms with Crippen molar-refractivity contribution in [1.82, 2.24) is 15.3 Å². The minimum Gasteiger partial charge on any atom is -0.372 e. The van der Waals surface area contributed by atoms with Gasteiger partial charge in [0, 0.05) is 32.3 Å². The molecule has 0 unspecified atom stereocenters. The third-order valence-corrected chi connectivity index (χ3v) is 4.92. The molecule has 1 saturated heterocycles. The van der Waals surface area contributed by atoms with Crippen molar-refractivity contribution < 1.29 is 4.74 Å². The molecule has 0 bridgehead atoms. The standard InChI is InChI=1S/C15H25N5O/c1-17-11-5-8-20(10-11)13-9-12(18-14(16)19-13)15(21-2)6-3-4-7-15/h9,11,17H,3-8,10H2,1-2H3,(H2,16,18,19)/t11-/m1/s1. The van der Waals surface area contributed by atoms with E-state index in [2.05, 4.69) is 26.3 Å². The Labute approximate surface area is 126 Å². The summed E-state index contributed by atoms with van der Waals surface area (Å²) in [5, 5.41) is 3.33. The molecule has 3 rings (SSSR count). The van der Waals surface area contributed by atoms with E-state index in [-0.39, 0.29) is 5.60 Å². The summed E-state index contributed by atoms with van der Waals surface area (Å²) >= 11 is 0. The number of rotatable bonds is 4. The van der Waals surface area contributed by atoms with E-state index in [1.54, 1.807) is 7.11 Å². The van der Waals surface area contributed by atoms with Crippen LogP contribution in [0.2, 0.25) is 0 Å². The van der Waals surface area contributed by atoms with Crippen molar-refractivity contribution >= 4 is 11.8 Å².